The van der Waals surface area contributed by atoms with E-state index in [9.17, 15) is 23.5 Å². The SMILES string of the molecule is Nc1ncccc1-c1nc2ccc(-c3ncco3)nc2n1-c1ccc2c(c1)CC[C@@H]2NC(=O)c1cc(C=O)c(O)c(F)c1F. The van der Waals surface area contributed by atoms with Crippen LogP contribution in [0.25, 0.3) is 39.8 Å². The number of phenolic OH excluding ortho intramolecular Hbond substituents is 1. The summed E-state index contributed by atoms with van der Waals surface area (Å²) in [5.74, 6) is -4.10. The van der Waals surface area contributed by atoms with Crippen LogP contribution in [0, 0.1) is 11.6 Å². The molecule has 1 amide bonds. The van der Waals surface area contributed by atoms with E-state index in [1.165, 1.54) is 12.5 Å². The molecule has 0 aliphatic heterocycles. The molecule has 0 bridgehead atoms. The number of nitrogen functional groups attached to an aromatic ring is 1. The summed E-state index contributed by atoms with van der Waals surface area (Å²) in [6, 6.07) is 13.1. The lowest BCUT2D eigenvalue weighted by Crippen LogP contribution is -2.28. The number of anilines is 1. The molecule has 0 saturated heterocycles. The van der Waals surface area contributed by atoms with Gasteiger partial charge in [-0.3, -0.25) is 14.2 Å². The number of aldehydes is 1. The van der Waals surface area contributed by atoms with Gasteiger partial charge >= 0.3 is 0 Å². The largest absolute Gasteiger partial charge is 0.504 e. The van der Waals surface area contributed by atoms with Crippen molar-refractivity contribution in [1.29, 1.82) is 0 Å². The van der Waals surface area contributed by atoms with E-state index in [1.54, 1.807) is 18.3 Å². The number of aryl methyl sites for hydroxylation is 1. The number of pyridine rings is 2. The van der Waals surface area contributed by atoms with Gasteiger partial charge in [-0.1, -0.05) is 6.07 Å². The Hall–Kier alpha value is -5.98. The average Bonchev–Trinajstić information content (AvgIpc) is 3.79. The van der Waals surface area contributed by atoms with Crippen molar-refractivity contribution in [3.05, 3.63) is 101 Å². The summed E-state index contributed by atoms with van der Waals surface area (Å²) >= 11 is 0. The minimum atomic E-state index is -1.66. The number of oxazole rings is 1. The van der Waals surface area contributed by atoms with Gasteiger partial charge in [0.05, 0.1) is 28.9 Å². The predicted octanol–water partition coefficient (Wildman–Crippen LogP) is 4.93. The van der Waals surface area contributed by atoms with E-state index in [4.69, 9.17) is 20.1 Å². The number of hydrogen-bond donors (Lipinski definition) is 3. The number of nitrogens with zero attached hydrogens (tertiary/aromatic N) is 5. The summed E-state index contributed by atoms with van der Waals surface area (Å²) in [5.41, 5.74) is 9.70. The maximum absolute atomic E-state index is 14.5. The predicted molar refractivity (Wildman–Crippen MR) is 154 cm³/mol. The van der Waals surface area contributed by atoms with Crippen molar-refractivity contribution in [1.82, 2.24) is 29.8 Å². The van der Waals surface area contributed by atoms with E-state index in [2.05, 4.69) is 15.3 Å². The Kier molecular flexibility index (Phi) is 6.34. The Bertz CT molecular complexity index is 2110. The van der Waals surface area contributed by atoms with Gasteiger partial charge in [0.25, 0.3) is 5.91 Å². The van der Waals surface area contributed by atoms with Gasteiger partial charge in [0.15, 0.2) is 29.3 Å². The number of aromatic nitrogens is 5. The van der Waals surface area contributed by atoms with Gasteiger partial charge in [-0.05, 0) is 66.4 Å². The number of carbonyl (C=O) groups is 2. The maximum Gasteiger partial charge on any atom is 0.254 e. The van der Waals surface area contributed by atoms with Crippen LogP contribution in [-0.4, -0.2) is 41.8 Å². The molecule has 11 nitrogen and oxygen atoms in total. The number of nitrogens with one attached hydrogen (secondary N) is 1. The third-order valence-corrected chi connectivity index (χ3v) is 7.59. The number of aromatic hydroxyl groups is 1. The summed E-state index contributed by atoms with van der Waals surface area (Å²) in [5, 5.41) is 12.4. The summed E-state index contributed by atoms with van der Waals surface area (Å²) in [4.78, 5) is 42.2. The first-order valence-electron chi connectivity index (χ1n) is 13.4. The molecule has 2 aromatic carbocycles. The average molecular weight is 594 g/mol. The lowest BCUT2D eigenvalue weighted by Gasteiger charge is -2.16. The van der Waals surface area contributed by atoms with Crippen LogP contribution < -0.4 is 11.1 Å². The molecule has 0 radical (unpaired) electrons. The molecule has 1 aliphatic carbocycles. The lowest BCUT2D eigenvalue weighted by atomic mass is 10.0. The number of fused-ring (bicyclic) bond motifs is 2. The second-order valence-corrected chi connectivity index (χ2v) is 10.1. The first-order valence-corrected chi connectivity index (χ1v) is 13.4. The van der Waals surface area contributed by atoms with Crippen molar-refractivity contribution < 1.29 is 27.9 Å². The monoisotopic (exact) mass is 593 g/mol. The van der Waals surface area contributed by atoms with Gasteiger partial charge in [0.2, 0.25) is 11.7 Å². The molecule has 1 atom stereocenters. The fourth-order valence-corrected chi connectivity index (χ4v) is 5.48. The Morgan fingerprint density at radius 3 is 2.73 bits per heavy atom. The highest BCUT2D eigenvalue weighted by atomic mass is 19.2. The van der Waals surface area contributed by atoms with E-state index in [1.807, 2.05) is 34.9 Å². The quantitative estimate of drug-likeness (QED) is 0.227. The molecule has 13 heteroatoms. The van der Waals surface area contributed by atoms with Crippen molar-refractivity contribution in [2.45, 2.75) is 18.9 Å². The van der Waals surface area contributed by atoms with Gasteiger partial charge in [-0.25, -0.2) is 24.3 Å². The van der Waals surface area contributed by atoms with Gasteiger partial charge in [-0.2, -0.15) is 4.39 Å². The third kappa shape index (κ3) is 4.33. The molecule has 0 unspecified atom stereocenters. The zero-order chi connectivity index (χ0) is 30.5. The normalized spacial score (nSPS) is 14.1. The smallest absolute Gasteiger partial charge is 0.254 e. The van der Waals surface area contributed by atoms with Crippen LogP contribution in [0.2, 0.25) is 0 Å². The molecule has 218 valence electrons. The van der Waals surface area contributed by atoms with Crippen LogP contribution in [-0.2, 0) is 6.42 Å². The molecule has 44 heavy (non-hydrogen) atoms. The molecular weight excluding hydrogens is 572 g/mol. The molecule has 7 rings (SSSR count). The minimum Gasteiger partial charge on any atom is -0.504 e. The van der Waals surface area contributed by atoms with E-state index in [0.717, 1.165) is 22.9 Å². The molecule has 0 spiro atoms. The Morgan fingerprint density at radius 1 is 1.09 bits per heavy atom. The second kappa shape index (κ2) is 10.4. The van der Waals surface area contributed by atoms with Crippen molar-refractivity contribution in [2.75, 3.05) is 5.73 Å². The number of hydrogen-bond acceptors (Lipinski definition) is 9. The van der Waals surface area contributed by atoms with Gasteiger partial charge < -0.3 is 20.6 Å². The molecule has 4 aromatic heterocycles. The number of nitrogens with two attached hydrogens (primary N) is 1. The molecule has 4 N–H and O–H groups in total. The first kappa shape index (κ1) is 26.9. The molecule has 0 fully saturated rings. The number of amides is 1. The van der Waals surface area contributed by atoms with Crippen LogP contribution in [0.1, 0.15) is 44.3 Å². The van der Waals surface area contributed by atoms with Gasteiger partial charge in [0, 0.05) is 11.9 Å². The summed E-state index contributed by atoms with van der Waals surface area (Å²) < 4.78 is 36.0. The highest BCUT2D eigenvalue weighted by Crippen LogP contribution is 2.37. The Morgan fingerprint density at radius 2 is 1.95 bits per heavy atom. The zero-order valence-electron chi connectivity index (χ0n) is 22.7. The molecule has 6 aromatic rings. The van der Waals surface area contributed by atoms with E-state index in [-0.39, 0.29) is 12.1 Å². The van der Waals surface area contributed by atoms with E-state index < -0.39 is 40.5 Å². The summed E-state index contributed by atoms with van der Waals surface area (Å²) in [6.07, 6.45) is 5.80. The Balaban J connectivity index is 1.29. The highest BCUT2D eigenvalue weighted by Gasteiger charge is 2.29. The van der Waals surface area contributed by atoms with Crippen molar-refractivity contribution in [2.24, 2.45) is 0 Å². The van der Waals surface area contributed by atoms with Crippen molar-refractivity contribution in [3.8, 4) is 34.4 Å². The van der Waals surface area contributed by atoms with Crippen LogP contribution in [0.4, 0.5) is 14.6 Å². The zero-order valence-corrected chi connectivity index (χ0v) is 22.7. The molecule has 1 aliphatic rings. The summed E-state index contributed by atoms with van der Waals surface area (Å²) in [7, 11) is 0. The van der Waals surface area contributed by atoms with Crippen molar-refractivity contribution in [3.63, 3.8) is 0 Å². The first-order chi connectivity index (χ1) is 21.3. The third-order valence-electron chi connectivity index (χ3n) is 7.59. The minimum absolute atomic E-state index is 0.150. The van der Waals surface area contributed by atoms with E-state index >= 15 is 0 Å². The molecule has 0 saturated carbocycles. The lowest BCUT2D eigenvalue weighted by molar-refractivity contribution is 0.0931. The van der Waals surface area contributed by atoms with Crippen molar-refractivity contribution >= 4 is 29.2 Å². The topological polar surface area (TPSA) is 162 Å². The maximum atomic E-state index is 14.5. The fourth-order valence-electron chi connectivity index (χ4n) is 5.48. The van der Waals surface area contributed by atoms with Gasteiger partial charge in [-0.15, -0.1) is 0 Å². The van der Waals surface area contributed by atoms with Crippen LogP contribution in [0.5, 0.6) is 5.75 Å². The number of carbonyl (C=O) groups excluding carboxylic acids is 2. The fraction of sp³-hybridized carbons (Fsp3) is 0.0968. The number of rotatable bonds is 6. The standard InChI is InChI=1S/C31H21F2N7O4/c32-24-20(13-16(14-41)26(42)25(24)33)30(43)39-21-6-3-15-12-17(4-5-18(15)21)40-28(19-2-1-9-35-27(19)34)37-22-7-8-23(38-29(22)40)31-36-10-11-44-31/h1-2,4-5,7-14,21,42H,3,6H2,(H2,34,35)(H,39,43)/t21-/m0/s1. The second-order valence-electron chi connectivity index (χ2n) is 10.1. The number of halogens is 2. The van der Waals surface area contributed by atoms with Crippen LogP contribution in [0.3, 0.4) is 0 Å². The van der Waals surface area contributed by atoms with Crippen LogP contribution >= 0.6 is 0 Å². The Labute approximate surface area is 247 Å². The molecular formula is C31H21F2N7O4. The van der Waals surface area contributed by atoms with Crippen LogP contribution in [0.15, 0.2) is 71.6 Å². The number of phenols is 1. The number of benzene rings is 2. The van der Waals surface area contributed by atoms with Gasteiger partial charge in [0.1, 0.15) is 23.3 Å². The highest BCUT2D eigenvalue weighted by molar-refractivity contribution is 5.97. The molecule has 4 heterocycles. The van der Waals surface area contributed by atoms with E-state index in [0.29, 0.717) is 47.0 Å². The number of imidazole rings is 1. The summed E-state index contributed by atoms with van der Waals surface area (Å²) in [6.45, 7) is 0.